The molecule has 0 bridgehead atoms. The van der Waals surface area contributed by atoms with Crippen LogP contribution in [0.5, 0.6) is 5.75 Å². The SMILES string of the molecule is C=CCOc1ccc(C(=O)NP(=O)(N2CC2)N2CC2)cc1. The van der Waals surface area contributed by atoms with E-state index in [1.54, 1.807) is 30.3 Å². The molecule has 0 atom stereocenters. The number of nitrogens with zero attached hydrogens (tertiary/aromatic N) is 2. The second kappa shape index (κ2) is 5.64. The van der Waals surface area contributed by atoms with Crippen LogP contribution in [-0.2, 0) is 4.57 Å². The first-order valence-corrected chi connectivity index (χ1v) is 8.52. The summed E-state index contributed by atoms with van der Waals surface area (Å²) in [4.78, 5) is 12.3. The third kappa shape index (κ3) is 3.18. The van der Waals surface area contributed by atoms with Gasteiger partial charge in [0.2, 0.25) is 0 Å². The van der Waals surface area contributed by atoms with Crippen LogP contribution < -0.4 is 9.82 Å². The van der Waals surface area contributed by atoms with Gasteiger partial charge in [-0.25, -0.2) is 9.34 Å². The molecule has 1 aromatic carbocycles. The zero-order valence-corrected chi connectivity index (χ0v) is 12.6. The largest absolute Gasteiger partial charge is 0.490 e. The van der Waals surface area contributed by atoms with E-state index >= 15 is 0 Å². The number of amides is 1. The lowest BCUT2D eigenvalue weighted by molar-refractivity contribution is 0.0977. The van der Waals surface area contributed by atoms with Gasteiger partial charge >= 0.3 is 7.59 Å². The van der Waals surface area contributed by atoms with Crippen molar-refractivity contribution >= 4 is 13.5 Å². The molecule has 2 saturated heterocycles. The quantitative estimate of drug-likeness (QED) is 0.472. The van der Waals surface area contributed by atoms with Crippen LogP contribution >= 0.6 is 7.59 Å². The van der Waals surface area contributed by atoms with Crippen LogP contribution in [0, 0.1) is 0 Å². The van der Waals surface area contributed by atoms with Crippen molar-refractivity contribution in [1.82, 2.24) is 14.4 Å². The number of hydrogen-bond donors (Lipinski definition) is 1. The molecular formula is C14H18N3O3P. The molecule has 6 nitrogen and oxygen atoms in total. The van der Waals surface area contributed by atoms with Gasteiger partial charge < -0.3 is 4.74 Å². The Morgan fingerprint density at radius 3 is 2.29 bits per heavy atom. The standard InChI is InChI=1S/C14H18N3O3P/c1-2-11-20-13-5-3-12(4-6-13)14(18)15-21(19,16-7-8-16)17-9-10-17/h2-6H,1,7-11H2,(H,15,18,19). The molecule has 0 aromatic heterocycles. The van der Waals surface area contributed by atoms with E-state index in [2.05, 4.69) is 11.7 Å². The predicted molar refractivity (Wildman–Crippen MR) is 80.4 cm³/mol. The van der Waals surface area contributed by atoms with Gasteiger partial charge in [-0.1, -0.05) is 12.7 Å². The molecule has 0 unspecified atom stereocenters. The molecule has 112 valence electrons. The summed E-state index contributed by atoms with van der Waals surface area (Å²) in [6.45, 7) is 7.12. The Bertz CT molecular complexity index is 578. The van der Waals surface area contributed by atoms with E-state index in [1.807, 2.05) is 9.34 Å². The Morgan fingerprint density at radius 1 is 1.24 bits per heavy atom. The second-order valence-corrected chi connectivity index (χ2v) is 7.46. The highest BCUT2D eigenvalue weighted by Gasteiger charge is 2.49. The van der Waals surface area contributed by atoms with Crippen molar-refractivity contribution in [2.45, 2.75) is 0 Å². The topological polar surface area (TPSA) is 61.4 Å². The van der Waals surface area contributed by atoms with E-state index < -0.39 is 7.59 Å². The minimum absolute atomic E-state index is 0.313. The van der Waals surface area contributed by atoms with E-state index in [0.29, 0.717) is 17.9 Å². The van der Waals surface area contributed by atoms with E-state index in [4.69, 9.17) is 4.74 Å². The molecule has 21 heavy (non-hydrogen) atoms. The highest BCUT2D eigenvalue weighted by Crippen LogP contribution is 2.56. The maximum Gasteiger partial charge on any atom is 0.311 e. The highest BCUT2D eigenvalue weighted by molar-refractivity contribution is 7.58. The summed E-state index contributed by atoms with van der Waals surface area (Å²) < 4.78 is 21.8. The number of ether oxygens (including phenoxy) is 1. The van der Waals surface area contributed by atoms with Crippen molar-refractivity contribution in [2.24, 2.45) is 0 Å². The normalized spacial score (nSPS) is 18.1. The van der Waals surface area contributed by atoms with Gasteiger partial charge in [0.1, 0.15) is 12.4 Å². The number of carbonyl (C=O) groups excluding carboxylic acids is 1. The summed E-state index contributed by atoms with van der Waals surface area (Å²) >= 11 is 0. The van der Waals surface area contributed by atoms with Crippen molar-refractivity contribution in [2.75, 3.05) is 32.8 Å². The van der Waals surface area contributed by atoms with E-state index in [1.165, 1.54) is 0 Å². The molecule has 0 saturated carbocycles. The first-order chi connectivity index (χ1) is 10.1. The third-order valence-electron chi connectivity index (χ3n) is 3.35. The van der Waals surface area contributed by atoms with Crippen LogP contribution in [0.4, 0.5) is 0 Å². The average Bonchev–Trinajstić information content (AvgIpc) is 3.36. The summed E-state index contributed by atoms with van der Waals surface area (Å²) in [5.74, 6) is 0.360. The Labute approximate surface area is 123 Å². The van der Waals surface area contributed by atoms with Gasteiger partial charge in [0, 0.05) is 31.7 Å². The Hall–Kier alpha value is -1.62. The Morgan fingerprint density at radius 2 is 1.81 bits per heavy atom. The summed E-state index contributed by atoms with van der Waals surface area (Å²) in [7, 11) is -2.87. The van der Waals surface area contributed by atoms with Crippen molar-refractivity contribution < 1.29 is 14.1 Å². The molecule has 2 aliphatic heterocycles. The van der Waals surface area contributed by atoms with Crippen molar-refractivity contribution in [3.8, 4) is 5.75 Å². The molecule has 2 aliphatic rings. The van der Waals surface area contributed by atoms with E-state index in [0.717, 1.165) is 26.2 Å². The molecular weight excluding hydrogens is 289 g/mol. The number of nitrogens with one attached hydrogen (secondary N) is 1. The minimum atomic E-state index is -2.87. The second-order valence-electron chi connectivity index (χ2n) is 5.02. The van der Waals surface area contributed by atoms with Gasteiger partial charge in [0.15, 0.2) is 0 Å². The summed E-state index contributed by atoms with van der Waals surface area (Å²) in [5, 5.41) is 2.71. The van der Waals surface area contributed by atoms with E-state index in [9.17, 15) is 9.36 Å². The highest BCUT2D eigenvalue weighted by atomic mass is 31.2. The molecule has 7 heteroatoms. The van der Waals surface area contributed by atoms with Crippen molar-refractivity contribution in [3.05, 3.63) is 42.5 Å². The fourth-order valence-corrected chi connectivity index (χ4v) is 4.30. The third-order valence-corrected chi connectivity index (χ3v) is 6.17. The maximum atomic E-state index is 12.8. The number of benzene rings is 1. The molecule has 0 radical (unpaired) electrons. The number of carbonyl (C=O) groups is 1. The van der Waals surface area contributed by atoms with Gasteiger partial charge in [0.05, 0.1) is 0 Å². The van der Waals surface area contributed by atoms with Crippen molar-refractivity contribution in [1.29, 1.82) is 0 Å². The fraction of sp³-hybridized carbons (Fsp3) is 0.357. The van der Waals surface area contributed by atoms with Gasteiger partial charge in [-0.3, -0.25) is 14.4 Å². The zero-order chi connectivity index (χ0) is 14.9. The lowest BCUT2D eigenvalue weighted by atomic mass is 10.2. The van der Waals surface area contributed by atoms with Gasteiger partial charge in [0.25, 0.3) is 5.91 Å². The Balaban J connectivity index is 1.67. The number of hydrogen-bond acceptors (Lipinski definition) is 3. The van der Waals surface area contributed by atoms with Crippen LogP contribution in [0.1, 0.15) is 10.4 Å². The molecule has 2 heterocycles. The van der Waals surface area contributed by atoms with Crippen LogP contribution in [0.25, 0.3) is 0 Å². The van der Waals surface area contributed by atoms with Gasteiger partial charge in [-0.2, -0.15) is 0 Å². The smallest absolute Gasteiger partial charge is 0.311 e. The molecule has 3 rings (SSSR count). The number of rotatable bonds is 7. The first kappa shape index (κ1) is 14.3. The Kier molecular flexibility index (Phi) is 3.85. The molecule has 1 amide bonds. The average molecular weight is 307 g/mol. The van der Waals surface area contributed by atoms with Crippen LogP contribution in [-0.4, -0.2) is 48.0 Å². The summed E-state index contributed by atoms with van der Waals surface area (Å²) in [6.07, 6.45) is 1.66. The minimum Gasteiger partial charge on any atom is -0.490 e. The molecule has 2 fully saturated rings. The van der Waals surface area contributed by atoms with Gasteiger partial charge in [-0.05, 0) is 24.3 Å². The molecule has 1 N–H and O–H groups in total. The predicted octanol–water partition coefficient (Wildman–Crippen LogP) is 1.72. The van der Waals surface area contributed by atoms with Gasteiger partial charge in [-0.15, -0.1) is 0 Å². The molecule has 0 aliphatic carbocycles. The monoisotopic (exact) mass is 307 g/mol. The summed E-state index contributed by atoms with van der Waals surface area (Å²) in [5.41, 5.74) is 0.477. The molecule has 0 spiro atoms. The fourth-order valence-electron chi connectivity index (χ4n) is 2.01. The van der Waals surface area contributed by atoms with Crippen LogP contribution in [0.15, 0.2) is 36.9 Å². The molecule has 1 aromatic rings. The van der Waals surface area contributed by atoms with Crippen LogP contribution in [0.3, 0.4) is 0 Å². The van der Waals surface area contributed by atoms with E-state index in [-0.39, 0.29) is 5.91 Å². The lowest BCUT2D eigenvalue weighted by Gasteiger charge is -2.20. The maximum absolute atomic E-state index is 12.8. The zero-order valence-electron chi connectivity index (χ0n) is 11.7. The van der Waals surface area contributed by atoms with Crippen molar-refractivity contribution in [3.63, 3.8) is 0 Å². The van der Waals surface area contributed by atoms with Crippen LogP contribution in [0.2, 0.25) is 0 Å². The first-order valence-electron chi connectivity index (χ1n) is 6.91. The summed E-state index contributed by atoms with van der Waals surface area (Å²) in [6, 6.07) is 6.78. The lowest BCUT2D eigenvalue weighted by Crippen LogP contribution is -2.27.